The Kier molecular flexibility index (Phi) is 2.83. The quantitative estimate of drug-likeness (QED) is 0.762. The van der Waals surface area contributed by atoms with Gasteiger partial charge in [0.1, 0.15) is 0 Å². The van der Waals surface area contributed by atoms with Gasteiger partial charge in [-0.1, -0.05) is 15.9 Å². The third-order valence-electron chi connectivity index (χ3n) is 3.00. The molecular formula is C14H10BrN3O. The lowest BCUT2D eigenvalue weighted by atomic mass is 10.1. The maximum absolute atomic E-state index is 11.4. The number of H-pyrrole nitrogens is 1. The van der Waals surface area contributed by atoms with Crippen LogP contribution in [-0.2, 0) is 0 Å². The summed E-state index contributed by atoms with van der Waals surface area (Å²) in [7, 11) is 0. The third kappa shape index (κ3) is 2.02. The van der Waals surface area contributed by atoms with Crippen molar-refractivity contribution in [1.29, 1.82) is 0 Å². The number of benzene rings is 1. The van der Waals surface area contributed by atoms with Gasteiger partial charge < -0.3 is 10.7 Å². The number of primary amides is 1. The van der Waals surface area contributed by atoms with Crippen LogP contribution in [0.25, 0.3) is 22.2 Å². The molecule has 0 fully saturated rings. The summed E-state index contributed by atoms with van der Waals surface area (Å²) in [5.74, 6) is -0.444. The predicted octanol–water partition coefficient (Wildman–Crippen LogP) is 3.09. The van der Waals surface area contributed by atoms with Gasteiger partial charge in [-0.15, -0.1) is 0 Å². The maximum Gasteiger partial charge on any atom is 0.250 e. The number of nitrogens with two attached hydrogens (primary N) is 1. The molecule has 0 bridgehead atoms. The van der Waals surface area contributed by atoms with E-state index in [0.29, 0.717) is 5.56 Å². The van der Waals surface area contributed by atoms with Crippen molar-refractivity contribution in [3.8, 4) is 11.3 Å². The van der Waals surface area contributed by atoms with E-state index in [4.69, 9.17) is 5.73 Å². The fourth-order valence-electron chi connectivity index (χ4n) is 2.08. The summed E-state index contributed by atoms with van der Waals surface area (Å²) in [5, 5.41) is 0.933. The van der Waals surface area contributed by atoms with E-state index in [-0.39, 0.29) is 0 Å². The number of nitrogens with one attached hydrogen (secondary N) is 1. The van der Waals surface area contributed by atoms with Crippen LogP contribution in [0.2, 0.25) is 0 Å². The summed E-state index contributed by atoms with van der Waals surface area (Å²) in [4.78, 5) is 18.7. The molecule has 0 aliphatic heterocycles. The van der Waals surface area contributed by atoms with Crippen molar-refractivity contribution < 1.29 is 4.79 Å². The number of pyridine rings is 1. The van der Waals surface area contributed by atoms with E-state index in [1.165, 1.54) is 0 Å². The summed E-state index contributed by atoms with van der Waals surface area (Å²) < 4.78 is 0.920. The maximum atomic E-state index is 11.4. The smallest absolute Gasteiger partial charge is 0.250 e. The van der Waals surface area contributed by atoms with Crippen molar-refractivity contribution in [2.75, 3.05) is 0 Å². The van der Waals surface area contributed by atoms with Crippen molar-refractivity contribution in [3.05, 3.63) is 52.8 Å². The molecule has 1 aromatic carbocycles. The van der Waals surface area contributed by atoms with Crippen molar-refractivity contribution in [3.63, 3.8) is 0 Å². The molecule has 0 radical (unpaired) electrons. The first-order chi connectivity index (χ1) is 9.16. The number of hydrogen-bond donors (Lipinski definition) is 2. The highest BCUT2D eigenvalue weighted by Crippen LogP contribution is 2.31. The summed E-state index contributed by atoms with van der Waals surface area (Å²) >= 11 is 3.48. The lowest BCUT2D eigenvalue weighted by molar-refractivity contribution is 0.100. The van der Waals surface area contributed by atoms with E-state index in [1.54, 1.807) is 18.5 Å². The number of halogens is 1. The second-order valence-electron chi connectivity index (χ2n) is 4.17. The molecule has 2 heterocycles. The first-order valence-corrected chi connectivity index (χ1v) is 6.47. The van der Waals surface area contributed by atoms with Crippen LogP contribution < -0.4 is 5.73 Å². The van der Waals surface area contributed by atoms with Crippen LogP contribution >= 0.6 is 15.9 Å². The van der Waals surface area contributed by atoms with Crippen LogP contribution in [0.15, 0.2) is 47.2 Å². The fraction of sp³-hybridized carbons (Fsp3) is 0. The van der Waals surface area contributed by atoms with Gasteiger partial charge in [0, 0.05) is 33.5 Å². The minimum atomic E-state index is -0.444. The van der Waals surface area contributed by atoms with Crippen LogP contribution in [0.5, 0.6) is 0 Å². The van der Waals surface area contributed by atoms with Gasteiger partial charge in [0.05, 0.1) is 11.1 Å². The Balaban J connectivity index is 2.29. The van der Waals surface area contributed by atoms with Gasteiger partial charge in [-0.2, -0.15) is 0 Å². The van der Waals surface area contributed by atoms with E-state index in [9.17, 15) is 4.79 Å². The van der Waals surface area contributed by atoms with Gasteiger partial charge in [-0.3, -0.25) is 9.78 Å². The van der Waals surface area contributed by atoms with Gasteiger partial charge >= 0.3 is 0 Å². The van der Waals surface area contributed by atoms with Gasteiger partial charge in [0.25, 0.3) is 5.91 Å². The van der Waals surface area contributed by atoms with E-state index < -0.39 is 5.91 Å². The molecule has 0 saturated heterocycles. The third-order valence-corrected chi connectivity index (χ3v) is 3.69. The molecule has 5 heteroatoms. The SMILES string of the molecule is NC(=O)c1ccc(Br)c2cc(-c3ccncc3)[nH]c12. The monoisotopic (exact) mass is 315 g/mol. The molecule has 1 amide bonds. The zero-order chi connectivity index (χ0) is 13.4. The van der Waals surface area contributed by atoms with Crippen molar-refractivity contribution in [2.24, 2.45) is 5.73 Å². The Morgan fingerprint density at radius 2 is 1.95 bits per heavy atom. The second kappa shape index (κ2) is 4.51. The van der Waals surface area contributed by atoms with E-state index in [0.717, 1.165) is 26.6 Å². The fourth-order valence-corrected chi connectivity index (χ4v) is 2.52. The van der Waals surface area contributed by atoms with Gasteiger partial charge in [0.15, 0.2) is 0 Å². The van der Waals surface area contributed by atoms with Crippen LogP contribution in [0.3, 0.4) is 0 Å². The molecule has 94 valence electrons. The molecule has 0 spiro atoms. The van der Waals surface area contributed by atoms with Gasteiger partial charge in [-0.05, 0) is 30.3 Å². The Hall–Kier alpha value is -2.14. The topological polar surface area (TPSA) is 71.8 Å². The minimum absolute atomic E-state index is 0.444. The number of aromatic amines is 1. The number of rotatable bonds is 2. The van der Waals surface area contributed by atoms with Crippen molar-refractivity contribution in [1.82, 2.24) is 9.97 Å². The zero-order valence-electron chi connectivity index (χ0n) is 9.85. The minimum Gasteiger partial charge on any atom is -0.366 e. The van der Waals surface area contributed by atoms with Crippen molar-refractivity contribution in [2.45, 2.75) is 0 Å². The Morgan fingerprint density at radius 3 is 2.63 bits per heavy atom. The number of aromatic nitrogens is 2. The lowest BCUT2D eigenvalue weighted by Crippen LogP contribution is -2.11. The van der Waals surface area contributed by atoms with Crippen LogP contribution in [0, 0.1) is 0 Å². The summed E-state index contributed by atoms with van der Waals surface area (Å²) in [6.07, 6.45) is 3.45. The molecule has 0 saturated carbocycles. The average molecular weight is 316 g/mol. The van der Waals surface area contributed by atoms with E-state index >= 15 is 0 Å². The van der Waals surface area contributed by atoms with Crippen LogP contribution in [0.4, 0.5) is 0 Å². The molecule has 19 heavy (non-hydrogen) atoms. The summed E-state index contributed by atoms with van der Waals surface area (Å²) in [6, 6.07) is 9.33. The standard InChI is InChI=1S/C14H10BrN3O/c15-11-2-1-9(14(16)19)13-10(11)7-12(18-13)8-3-5-17-6-4-8/h1-7,18H,(H2,16,19). The lowest BCUT2D eigenvalue weighted by Gasteiger charge is -1.99. The number of nitrogens with zero attached hydrogens (tertiary/aromatic N) is 1. The number of carbonyl (C=O) groups excluding carboxylic acids is 1. The number of carbonyl (C=O) groups is 1. The Labute approximate surface area is 117 Å². The molecule has 3 rings (SSSR count). The van der Waals surface area contributed by atoms with E-state index in [1.807, 2.05) is 24.3 Å². The highest BCUT2D eigenvalue weighted by molar-refractivity contribution is 9.10. The summed E-state index contributed by atoms with van der Waals surface area (Å²) in [6.45, 7) is 0. The molecule has 3 N–H and O–H groups in total. The number of fused-ring (bicyclic) bond motifs is 1. The molecule has 0 aliphatic carbocycles. The normalized spacial score (nSPS) is 10.8. The van der Waals surface area contributed by atoms with Gasteiger partial charge in [0.2, 0.25) is 0 Å². The average Bonchev–Trinajstić information content (AvgIpc) is 2.85. The molecule has 0 unspecified atom stereocenters. The molecule has 3 aromatic rings. The molecular weight excluding hydrogens is 306 g/mol. The van der Waals surface area contributed by atoms with Crippen LogP contribution in [-0.4, -0.2) is 15.9 Å². The Bertz CT molecular complexity index is 765. The zero-order valence-corrected chi connectivity index (χ0v) is 11.4. The Morgan fingerprint density at radius 1 is 1.21 bits per heavy atom. The van der Waals surface area contributed by atoms with Crippen molar-refractivity contribution >= 4 is 32.7 Å². The molecule has 4 nitrogen and oxygen atoms in total. The highest BCUT2D eigenvalue weighted by atomic mass is 79.9. The molecule has 0 atom stereocenters. The first-order valence-electron chi connectivity index (χ1n) is 5.68. The molecule has 0 aliphatic rings. The first kappa shape index (κ1) is 11.9. The molecule has 2 aromatic heterocycles. The van der Waals surface area contributed by atoms with E-state index in [2.05, 4.69) is 25.9 Å². The van der Waals surface area contributed by atoms with Gasteiger partial charge in [-0.25, -0.2) is 0 Å². The predicted molar refractivity (Wildman–Crippen MR) is 77.7 cm³/mol. The highest BCUT2D eigenvalue weighted by Gasteiger charge is 2.12. The number of amides is 1. The second-order valence-corrected chi connectivity index (χ2v) is 5.02. The largest absolute Gasteiger partial charge is 0.366 e. The number of hydrogen-bond acceptors (Lipinski definition) is 2. The summed E-state index contributed by atoms with van der Waals surface area (Å²) in [5.41, 5.74) is 8.55. The van der Waals surface area contributed by atoms with Crippen LogP contribution in [0.1, 0.15) is 10.4 Å².